The molecule has 1 aliphatic carbocycles. The third-order valence-corrected chi connectivity index (χ3v) is 7.06. The SMILES string of the molecule is CCOc1ccccc1CCC(=O)Nc1sc2c(c1N)CCC(OC(=O)NCc1cnn(C)c1)C2. The number of fused-ring (bicyclic) bond motifs is 1. The Bertz CT molecular complexity index is 1190. The number of hydrogen-bond acceptors (Lipinski definition) is 7. The number of aromatic nitrogens is 2. The number of nitrogen functional groups attached to an aromatic ring is 1. The van der Waals surface area contributed by atoms with Crippen LogP contribution in [0, 0.1) is 0 Å². The standard InChI is InChI=1S/C25H31N5O4S/c1-3-33-20-7-5-4-6-17(20)8-11-22(31)29-24-23(26)19-10-9-18(12-21(19)35-24)34-25(32)27-13-16-14-28-30(2)15-16/h4-7,14-15,18H,3,8-13,26H2,1-2H3,(H,27,32)(H,29,31). The van der Waals surface area contributed by atoms with Gasteiger partial charge in [-0.25, -0.2) is 4.79 Å². The van der Waals surface area contributed by atoms with Crippen molar-refractivity contribution in [2.75, 3.05) is 17.7 Å². The number of nitrogens with two attached hydrogens (primary N) is 1. The number of para-hydroxylation sites is 1. The predicted molar refractivity (Wildman–Crippen MR) is 136 cm³/mol. The Kier molecular flexibility index (Phi) is 7.91. The quantitative estimate of drug-likeness (QED) is 0.413. The van der Waals surface area contributed by atoms with Crippen molar-refractivity contribution < 1.29 is 19.1 Å². The number of amides is 2. The highest BCUT2D eigenvalue weighted by molar-refractivity contribution is 7.17. The number of nitrogens with one attached hydrogen (secondary N) is 2. The molecule has 1 atom stereocenters. The van der Waals surface area contributed by atoms with Crippen LogP contribution in [-0.4, -0.2) is 34.5 Å². The number of carbonyl (C=O) groups is 2. The molecule has 0 fully saturated rings. The van der Waals surface area contributed by atoms with Crippen molar-refractivity contribution >= 4 is 34.0 Å². The Morgan fingerprint density at radius 1 is 1.31 bits per heavy atom. The second-order valence-corrected chi connectivity index (χ2v) is 9.59. The monoisotopic (exact) mass is 497 g/mol. The van der Waals surface area contributed by atoms with Crippen LogP contribution in [-0.2, 0) is 42.4 Å². The fourth-order valence-corrected chi connectivity index (χ4v) is 5.40. The zero-order valence-electron chi connectivity index (χ0n) is 20.0. The molecule has 2 amide bonds. The summed E-state index contributed by atoms with van der Waals surface area (Å²) in [4.78, 5) is 25.9. The highest BCUT2D eigenvalue weighted by Crippen LogP contribution is 2.40. The van der Waals surface area contributed by atoms with Crippen LogP contribution in [0.1, 0.15) is 41.3 Å². The molecule has 0 spiro atoms. The van der Waals surface area contributed by atoms with Gasteiger partial charge in [-0.3, -0.25) is 9.48 Å². The van der Waals surface area contributed by atoms with E-state index in [0.717, 1.165) is 27.3 Å². The molecule has 0 saturated carbocycles. The highest BCUT2D eigenvalue weighted by atomic mass is 32.1. The van der Waals surface area contributed by atoms with E-state index in [4.69, 9.17) is 15.2 Å². The van der Waals surface area contributed by atoms with Gasteiger partial charge in [0.15, 0.2) is 0 Å². The number of anilines is 2. The van der Waals surface area contributed by atoms with Gasteiger partial charge in [0.05, 0.1) is 18.5 Å². The van der Waals surface area contributed by atoms with E-state index in [2.05, 4.69) is 15.7 Å². The van der Waals surface area contributed by atoms with Gasteiger partial charge >= 0.3 is 6.09 Å². The minimum Gasteiger partial charge on any atom is -0.494 e. The second kappa shape index (κ2) is 11.3. The van der Waals surface area contributed by atoms with Gasteiger partial charge in [-0.1, -0.05) is 18.2 Å². The molecule has 2 heterocycles. The molecule has 9 nitrogen and oxygen atoms in total. The van der Waals surface area contributed by atoms with E-state index in [1.807, 2.05) is 44.4 Å². The smallest absolute Gasteiger partial charge is 0.407 e. The third-order valence-electron chi connectivity index (χ3n) is 5.88. The summed E-state index contributed by atoms with van der Waals surface area (Å²) in [6, 6.07) is 7.76. The summed E-state index contributed by atoms with van der Waals surface area (Å²) in [5.74, 6) is 0.716. The van der Waals surface area contributed by atoms with Crippen LogP contribution in [0.25, 0.3) is 0 Å². The Labute approximate surface area is 208 Å². The largest absolute Gasteiger partial charge is 0.494 e. The summed E-state index contributed by atoms with van der Waals surface area (Å²) < 4.78 is 12.9. The number of alkyl carbamates (subject to hydrolysis) is 1. The third kappa shape index (κ3) is 6.33. The van der Waals surface area contributed by atoms with Crippen molar-refractivity contribution in [3.05, 3.63) is 58.2 Å². The Morgan fingerprint density at radius 2 is 2.14 bits per heavy atom. The Hall–Kier alpha value is -3.53. The molecule has 0 saturated heterocycles. The average Bonchev–Trinajstić information content (AvgIpc) is 3.39. The molecule has 10 heteroatoms. The summed E-state index contributed by atoms with van der Waals surface area (Å²) in [7, 11) is 1.83. The summed E-state index contributed by atoms with van der Waals surface area (Å²) in [6.07, 6.45) is 5.75. The van der Waals surface area contributed by atoms with E-state index in [0.29, 0.717) is 55.9 Å². The van der Waals surface area contributed by atoms with E-state index in [1.165, 1.54) is 11.3 Å². The van der Waals surface area contributed by atoms with Gasteiger partial charge in [0.25, 0.3) is 0 Å². The zero-order valence-corrected chi connectivity index (χ0v) is 20.8. The lowest BCUT2D eigenvalue weighted by Gasteiger charge is -2.22. The topological polar surface area (TPSA) is 120 Å². The van der Waals surface area contributed by atoms with Crippen LogP contribution >= 0.6 is 11.3 Å². The summed E-state index contributed by atoms with van der Waals surface area (Å²) in [5.41, 5.74) is 9.92. The number of thiophene rings is 1. The minimum absolute atomic E-state index is 0.0934. The molecule has 0 bridgehead atoms. The van der Waals surface area contributed by atoms with E-state index >= 15 is 0 Å². The molecule has 1 unspecified atom stereocenters. The maximum Gasteiger partial charge on any atom is 0.407 e. The summed E-state index contributed by atoms with van der Waals surface area (Å²) in [6.45, 7) is 2.88. The lowest BCUT2D eigenvalue weighted by molar-refractivity contribution is -0.116. The fourth-order valence-electron chi connectivity index (χ4n) is 4.15. The highest BCUT2D eigenvalue weighted by Gasteiger charge is 2.27. The number of hydrogen-bond donors (Lipinski definition) is 3. The van der Waals surface area contributed by atoms with Crippen LogP contribution in [0.2, 0.25) is 0 Å². The first-order valence-electron chi connectivity index (χ1n) is 11.8. The van der Waals surface area contributed by atoms with E-state index in [9.17, 15) is 9.59 Å². The maximum absolute atomic E-state index is 12.6. The molecule has 0 aliphatic heterocycles. The van der Waals surface area contributed by atoms with Gasteiger partial charge in [0.1, 0.15) is 16.9 Å². The Morgan fingerprint density at radius 3 is 2.91 bits per heavy atom. The molecule has 1 aromatic carbocycles. The van der Waals surface area contributed by atoms with Crippen molar-refractivity contribution in [1.29, 1.82) is 0 Å². The first kappa shape index (κ1) is 24.6. The lowest BCUT2D eigenvalue weighted by atomic mass is 9.95. The van der Waals surface area contributed by atoms with Crippen molar-refractivity contribution in [2.45, 2.75) is 51.7 Å². The van der Waals surface area contributed by atoms with Crippen molar-refractivity contribution in [3.63, 3.8) is 0 Å². The van der Waals surface area contributed by atoms with E-state index < -0.39 is 6.09 Å². The lowest BCUT2D eigenvalue weighted by Crippen LogP contribution is -2.31. The van der Waals surface area contributed by atoms with Crippen LogP contribution < -0.4 is 21.1 Å². The number of benzene rings is 1. The molecule has 2 aromatic heterocycles. The molecule has 4 N–H and O–H groups in total. The molecule has 186 valence electrons. The molecule has 4 rings (SSSR count). The summed E-state index contributed by atoms with van der Waals surface area (Å²) in [5, 5.41) is 10.5. The molecular weight excluding hydrogens is 466 g/mol. The van der Waals surface area contributed by atoms with Gasteiger partial charge in [-0.15, -0.1) is 11.3 Å². The molecule has 0 radical (unpaired) electrons. The minimum atomic E-state index is -0.451. The Balaban J connectivity index is 1.29. The van der Waals surface area contributed by atoms with Gasteiger partial charge < -0.3 is 25.8 Å². The number of carbonyl (C=O) groups excluding carboxylic acids is 2. The molecule has 35 heavy (non-hydrogen) atoms. The fraction of sp³-hybridized carbons (Fsp3) is 0.400. The number of ether oxygens (including phenoxy) is 2. The van der Waals surface area contributed by atoms with Gasteiger partial charge in [-0.05, 0) is 43.4 Å². The second-order valence-electron chi connectivity index (χ2n) is 8.48. The maximum atomic E-state index is 12.6. The number of rotatable bonds is 9. The van der Waals surface area contributed by atoms with Gasteiger partial charge in [0.2, 0.25) is 5.91 Å². The summed E-state index contributed by atoms with van der Waals surface area (Å²) >= 11 is 1.46. The molecular formula is C25H31N5O4S. The van der Waals surface area contributed by atoms with Crippen molar-refractivity contribution in [2.24, 2.45) is 7.05 Å². The molecule has 3 aromatic rings. The van der Waals surface area contributed by atoms with Crippen molar-refractivity contribution in [1.82, 2.24) is 15.1 Å². The van der Waals surface area contributed by atoms with Gasteiger partial charge in [0, 0.05) is 43.1 Å². The van der Waals surface area contributed by atoms with Gasteiger partial charge in [-0.2, -0.15) is 5.10 Å². The van der Waals surface area contributed by atoms with Crippen LogP contribution in [0.15, 0.2) is 36.7 Å². The van der Waals surface area contributed by atoms with Crippen LogP contribution in [0.5, 0.6) is 5.75 Å². The molecule has 1 aliphatic rings. The number of aryl methyl sites for hydroxylation is 2. The first-order valence-corrected chi connectivity index (χ1v) is 12.6. The van der Waals surface area contributed by atoms with Crippen molar-refractivity contribution in [3.8, 4) is 5.75 Å². The first-order chi connectivity index (χ1) is 16.9. The van der Waals surface area contributed by atoms with Crippen LogP contribution in [0.4, 0.5) is 15.5 Å². The van der Waals surface area contributed by atoms with E-state index in [-0.39, 0.29) is 12.0 Å². The number of nitrogens with zero attached hydrogens (tertiary/aromatic N) is 2. The predicted octanol–water partition coefficient (Wildman–Crippen LogP) is 3.82. The average molecular weight is 498 g/mol. The zero-order chi connectivity index (χ0) is 24.8. The van der Waals surface area contributed by atoms with Crippen LogP contribution in [0.3, 0.4) is 0 Å². The van der Waals surface area contributed by atoms with E-state index in [1.54, 1.807) is 10.9 Å². The normalized spacial score (nSPS) is 14.7.